The van der Waals surface area contributed by atoms with Gasteiger partial charge in [0.1, 0.15) is 0 Å². The molecule has 0 heterocycles. The Morgan fingerprint density at radius 2 is 1.76 bits per heavy atom. The summed E-state index contributed by atoms with van der Waals surface area (Å²) in [7, 11) is 0. The Hall–Kier alpha value is 0. The minimum absolute atomic E-state index is 0. The molecule has 0 radical (unpaired) electrons. The Labute approximate surface area is 124 Å². The van der Waals surface area contributed by atoms with E-state index in [0.29, 0.717) is 5.41 Å². The van der Waals surface area contributed by atoms with Crippen molar-refractivity contribution in [2.75, 3.05) is 19.6 Å². The van der Waals surface area contributed by atoms with Crippen molar-refractivity contribution >= 4 is 29.9 Å². The molecule has 0 aliphatic carbocycles. The van der Waals surface area contributed by atoms with Gasteiger partial charge in [0.25, 0.3) is 0 Å². The molecule has 0 unspecified atom stereocenters. The summed E-state index contributed by atoms with van der Waals surface area (Å²) in [5, 5.41) is 6.64. The molecule has 0 aliphatic rings. The van der Waals surface area contributed by atoms with Crippen LogP contribution in [0.25, 0.3) is 0 Å². The molecule has 0 fully saturated rings. The van der Waals surface area contributed by atoms with Crippen molar-refractivity contribution < 1.29 is 0 Å². The molecular formula is C13H30IN3. The highest BCUT2D eigenvalue weighted by atomic mass is 127. The van der Waals surface area contributed by atoms with Crippen LogP contribution in [-0.2, 0) is 0 Å². The third-order valence-electron chi connectivity index (χ3n) is 2.29. The lowest BCUT2D eigenvalue weighted by atomic mass is 9.92. The second-order valence-corrected chi connectivity index (χ2v) is 5.35. The number of unbranched alkanes of at least 4 members (excludes halogenated alkanes) is 1. The fourth-order valence-corrected chi connectivity index (χ4v) is 1.25. The van der Waals surface area contributed by atoms with Gasteiger partial charge in [0.2, 0.25) is 0 Å². The molecule has 0 saturated heterocycles. The molecule has 0 aromatic rings. The van der Waals surface area contributed by atoms with Crippen molar-refractivity contribution in [3.05, 3.63) is 0 Å². The van der Waals surface area contributed by atoms with Crippen LogP contribution in [-0.4, -0.2) is 25.6 Å². The molecule has 0 spiro atoms. The maximum Gasteiger partial charge on any atom is 0.191 e. The summed E-state index contributed by atoms with van der Waals surface area (Å²) >= 11 is 0. The number of hydrogen-bond acceptors (Lipinski definition) is 1. The van der Waals surface area contributed by atoms with Crippen LogP contribution >= 0.6 is 24.0 Å². The van der Waals surface area contributed by atoms with E-state index in [2.05, 4.69) is 50.2 Å². The Kier molecular flexibility index (Phi) is 12.6. The molecule has 0 bridgehead atoms. The molecule has 0 aromatic heterocycles. The normalized spacial score (nSPS) is 11.9. The van der Waals surface area contributed by atoms with E-state index in [-0.39, 0.29) is 24.0 Å². The highest BCUT2D eigenvalue weighted by Crippen LogP contribution is 2.16. The number of nitrogens with zero attached hydrogens (tertiary/aromatic N) is 1. The van der Waals surface area contributed by atoms with Crippen LogP contribution in [0, 0.1) is 5.41 Å². The first-order valence-corrected chi connectivity index (χ1v) is 6.51. The molecule has 4 heteroatoms. The smallest absolute Gasteiger partial charge is 0.191 e. The predicted octanol–water partition coefficient (Wildman–Crippen LogP) is 3.40. The van der Waals surface area contributed by atoms with Crippen molar-refractivity contribution in [1.29, 1.82) is 0 Å². The fraction of sp³-hybridized carbons (Fsp3) is 0.923. The number of rotatable bonds is 6. The van der Waals surface area contributed by atoms with Crippen LogP contribution < -0.4 is 10.6 Å². The van der Waals surface area contributed by atoms with E-state index in [1.54, 1.807) is 0 Å². The number of guanidine groups is 1. The Morgan fingerprint density at radius 3 is 2.24 bits per heavy atom. The van der Waals surface area contributed by atoms with Crippen molar-refractivity contribution in [3.8, 4) is 0 Å². The molecule has 0 atom stereocenters. The van der Waals surface area contributed by atoms with Crippen LogP contribution in [0.5, 0.6) is 0 Å². The predicted molar refractivity (Wildman–Crippen MR) is 88.4 cm³/mol. The first kappa shape index (κ1) is 19.3. The van der Waals surface area contributed by atoms with E-state index in [4.69, 9.17) is 0 Å². The Morgan fingerprint density at radius 1 is 1.12 bits per heavy atom. The maximum absolute atomic E-state index is 4.52. The number of aliphatic imine (C=N–C) groups is 1. The van der Waals surface area contributed by atoms with Crippen molar-refractivity contribution in [2.45, 2.75) is 53.9 Å². The van der Waals surface area contributed by atoms with Gasteiger partial charge >= 0.3 is 0 Å². The Bertz CT molecular complexity index is 197. The molecule has 17 heavy (non-hydrogen) atoms. The zero-order valence-corrected chi connectivity index (χ0v) is 14.4. The van der Waals surface area contributed by atoms with Crippen LogP contribution in [0.4, 0.5) is 0 Å². The minimum Gasteiger partial charge on any atom is -0.357 e. The first-order chi connectivity index (χ1) is 7.49. The highest BCUT2D eigenvalue weighted by molar-refractivity contribution is 14.0. The molecule has 3 nitrogen and oxygen atoms in total. The molecule has 0 aliphatic heterocycles. The summed E-state index contributed by atoms with van der Waals surface area (Å²) in [6.07, 6.45) is 3.52. The highest BCUT2D eigenvalue weighted by Gasteiger charge is 2.09. The van der Waals surface area contributed by atoms with E-state index < -0.39 is 0 Å². The van der Waals surface area contributed by atoms with E-state index in [9.17, 15) is 0 Å². The SMILES string of the molecule is CCCCN=C(NCC)NCCC(C)(C)C.I. The topological polar surface area (TPSA) is 36.4 Å². The summed E-state index contributed by atoms with van der Waals surface area (Å²) in [6.45, 7) is 13.9. The maximum atomic E-state index is 4.52. The van der Waals surface area contributed by atoms with Gasteiger partial charge in [-0.2, -0.15) is 0 Å². The summed E-state index contributed by atoms with van der Waals surface area (Å²) in [4.78, 5) is 4.52. The second kappa shape index (κ2) is 11.1. The average Bonchev–Trinajstić information content (AvgIpc) is 2.16. The van der Waals surface area contributed by atoms with Crippen LogP contribution in [0.15, 0.2) is 4.99 Å². The van der Waals surface area contributed by atoms with Gasteiger partial charge in [0.05, 0.1) is 0 Å². The van der Waals surface area contributed by atoms with E-state index in [0.717, 1.165) is 38.4 Å². The lowest BCUT2D eigenvalue weighted by molar-refractivity contribution is 0.377. The van der Waals surface area contributed by atoms with Gasteiger partial charge in [-0.25, -0.2) is 0 Å². The van der Waals surface area contributed by atoms with E-state index in [1.165, 1.54) is 6.42 Å². The standard InChI is InChI=1S/C13H29N3.HI/c1-6-8-10-15-12(14-7-2)16-11-9-13(3,4)5;/h6-11H2,1-5H3,(H2,14,15,16);1H. The van der Waals surface area contributed by atoms with Crippen LogP contribution in [0.3, 0.4) is 0 Å². The molecule has 104 valence electrons. The third-order valence-corrected chi connectivity index (χ3v) is 2.29. The van der Waals surface area contributed by atoms with Gasteiger partial charge < -0.3 is 10.6 Å². The van der Waals surface area contributed by atoms with Crippen LogP contribution in [0.1, 0.15) is 53.9 Å². The quantitative estimate of drug-likeness (QED) is 0.332. The zero-order valence-electron chi connectivity index (χ0n) is 12.1. The summed E-state index contributed by atoms with van der Waals surface area (Å²) in [5.41, 5.74) is 0.383. The van der Waals surface area contributed by atoms with Gasteiger partial charge in [-0.15, -0.1) is 24.0 Å². The monoisotopic (exact) mass is 355 g/mol. The molecule has 2 N–H and O–H groups in total. The second-order valence-electron chi connectivity index (χ2n) is 5.35. The van der Waals surface area contributed by atoms with Crippen molar-refractivity contribution in [3.63, 3.8) is 0 Å². The van der Waals surface area contributed by atoms with Crippen molar-refractivity contribution in [2.24, 2.45) is 10.4 Å². The fourth-order valence-electron chi connectivity index (χ4n) is 1.25. The number of nitrogens with one attached hydrogen (secondary N) is 2. The van der Waals surface area contributed by atoms with E-state index in [1.807, 2.05) is 0 Å². The van der Waals surface area contributed by atoms with Gasteiger partial charge in [0.15, 0.2) is 5.96 Å². The summed E-state index contributed by atoms with van der Waals surface area (Å²) in [6, 6.07) is 0. The molecule has 0 amide bonds. The number of halogens is 1. The van der Waals surface area contributed by atoms with Gasteiger partial charge in [-0.3, -0.25) is 4.99 Å². The third kappa shape index (κ3) is 13.9. The van der Waals surface area contributed by atoms with Crippen LogP contribution in [0.2, 0.25) is 0 Å². The molecular weight excluding hydrogens is 325 g/mol. The minimum atomic E-state index is 0. The van der Waals surface area contributed by atoms with Gasteiger partial charge in [-0.05, 0) is 25.2 Å². The summed E-state index contributed by atoms with van der Waals surface area (Å²) < 4.78 is 0. The first-order valence-electron chi connectivity index (χ1n) is 6.51. The van der Waals surface area contributed by atoms with Gasteiger partial charge in [0, 0.05) is 19.6 Å². The Balaban J connectivity index is 0. The largest absolute Gasteiger partial charge is 0.357 e. The zero-order chi connectivity index (χ0) is 12.4. The van der Waals surface area contributed by atoms with Gasteiger partial charge in [-0.1, -0.05) is 34.1 Å². The van der Waals surface area contributed by atoms with Crippen molar-refractivity contribution in [1.82, 2.24) is 10.6 Å². The number of hydrogen-bond donors (Lipinski definition) is 2. The molecule has 0 aromatic carbocycles. The lowest BCUT2D eigenvalue weighted by Crippen LogP contribution is -2.38. The van der Waals surface area contributed by atoms with E-state index >= 15 is 0 Å². The lowest BCUT2D eigenvalue weighted by Gasteiger charge is -2.19. The molecule has 0 rings (SSSR count). The average molecular weight is 355 g/mol. The summed E-state index contributed by atoms with van der Waals surface area (Å²) in [5.74, 6) is 0.959. The molecule has 0 saturated carbocycles.